The maximum absolute atomic E-state index is 12.5. The highest BCUT2D eigenvalue weighted by Crippen LogP contribution is 2.34. The zero-order valence-electron chi connectivity index (χ0n) is 9.78. The van der Waals surface area contributed by atoms with Crippen molar-refractivity contribution in [3.05, 3.63) is 52.7 Å². The number of halogens is 4. The third-order valence-corrected chi connectivity index (χ3v) is 2.87. The van der Waals surface area contributed by atoms with Gasteiger partial charge in [-0.1, -0.05) is 29.8 Å². The highest BCUT2D eigenvalue weighted by molar-refractivity contribution is 6.33. The van der Waals surface area contributed by atoms with Gasteiger partial charge in [-0.15, -0.1) is 0 Å². The molecule has 0 saturated heterocycles. The van der Waals surface area contributed by atoms with Gasteiger partial charge in [0.05, 0.1) is 21.8 Å². The summed E-state index contributed by atoms with van der Waals surface area (Å²) in [6.45, 7) is 0. The topological polar surface area (TPSA) is 50.2 Å². The van der Waals surface area contributed by atoms with Gasteiger partial charge in [0.1, 0.15) is 0 Å². The Morgan fingerprint density at radius 1 is 1.25 bits per heavy atom. The predicted molar refractivity (Wildman–Crippen MR) is 66.6 cm³/mol. The number of rotatable bonds is 2. The summed E-state index contributed by atoms with van der Waals surface area (Å²) in [4.78, 5) is 14.7. The van der Waals surface area contributed by atoms with E-state index in [9.17, 15) is 18.0 Å². The van der Waals surface area contributed by atoms with E-state index in [1.54, 1.807) is 6.07 Å². The van der Waals surface area contributed by atoms with E-state index in [0.717, 1.165) is 6.07 Å². The molecule has 2 aromatic rings. The molecule has 0 radical (unpaired) electrons. The largest absolute Gasteiger partial charge is 0.478 e. The van der Waals surface area contributed by atoms with Crippen molar-refractivity contribution in [3.8, 4) is 11.3 Å². The average molecular weight is 302 g/mol. The van der Waals surface area contributed by atoms with Gasteiger partial charge in [-0.2, -0.15) is 13.2 Å². The van der Waals surface area contributed by atoms with Crippen LogP contribution >= 0.6 is 11.6 Å². The molecule has 0 bridgehead atoms. The number of aromatic carboxylic acids is 1. The SMILES string of the molecule is O=C(O)c1ccccc1-c1ncc(C(F)(F)F)cc1Cl. The van der Waals surface area contributed by atoms with E-state index in [1.165, 1.54) is 18.2 Å². The summed E-state index contributed by atoms with van der Waals surface area (Å²) in [5.41, 5.74) is -0.905. The minimum absolute atomic E-state index is 0.00216. The molecule has 0 spiro atoms. The van der Waals surface area contributed by atoms with Crippen molar-refractivity contribution in [2.45, 2.75) is 6.18 Å². The molecule has 1 aromatic heterocycles. The number of hydrogen-bond donors (Lipinski definition) is 1. The van der Waals surface area contributed by atoms with Crippen LogP contribution in [0.15, 0.2) is 36.5 Å². The summed E-state index contributed by atoms with van der Waals surface area (Å²) in [5.74, 6) is -1.21. The van der Waals surface area contributed by atoms with Gasteiger partial charge in [-0.3, -0.25) is 4.98 Å². The summed E-state index contributed by atoms with van der Waals surface area (Å²) < 4.78 is 37.6. The molecule has 1 N–H and O–H groups in total. The molecule has 0 aliphatic rings. The van der Waals surface area contributed by atoms with Crippen LogP contribution in [0.3, 0.4) is 0 Å². The Kier molecular flexibility index (Phi) is 3.67. The van der Waals surface area contributed by atoms with Crippen LogP contribution in [0.1, 0.15) is 15.9 Å². The first kappa shape index (κ1) is 14.3. The molecule has 0 aliphatic heterocycles. The Morgan fingerprint density at radius 3 is 2.45 bits per heavy atom. The fourth-order valence-corrected chi connectivity index (χ4v) is 1.94. The molecule has 20 heavy (non-hydrogen) atoms. The van der Waals surface area contributed by atoms with Crippen LogP contribution in [-0.4, -0.2) is 16.1 Å². The fourth-order valence-electron chi connectivity index (χ4n) is 1.67. The van der Waals surface area contributed by atoms with Gasteiger partial charge < -0.3 is 5.11 Å². The van der Waals surface area contributed by atoms with Crippen molar-refractivity contribution in [2.24, 2.45) is 0 Å². The molecule has 0 unspecified atom stereocenters. The van der Waals surface area contributed by atoms with Gasteiger partial charge in [0.2, 0.25) is 0 Å². The Morgan fingerprint density at radius 2 is 1.90 bits per heavy atom. The minimum Gasteiger partial charge on any atom is -0.478 e. The number of nitrogens with zero attached hydrogens (tertiary/aromatic N) is 1. The second-order valence-corrected chi connectivity index (χ2v) is 4.31. The molecule has 0 aliphatic carbocycles. The molecule has 7 heteroatoms. The summed E-state index contributed by atoms with van der Waals surface area (Å²) in [5, 5.41) is 8.79. The lowest BCUT2D eigenvalue weighted by molar-refractivity contribution is -0.137. The van der Waals surface area contributed by atoms with Crippen LogP contribution in [0.2, 0.25) is 5.02 Å². The first-order valence-corrected chi connectivity index (χ1v) is 5.74. The van der Waals surface area contributed by atoms with E-state index >= 15 is 0 Å². The number of aromatic nitrogens is 1. The van der Waals surface area contributed by atoms with Crippen molar-refractivity contribution in [3.63, 3.8) is 0 Å². The number of carbonyl (C=O) groups is 1. The lowest BCUT2D eigenvalue weighted by Crippen LogP contribution is -2.06. The van der Waals surface area contributed by atoms with E-state index in [2.05, 4.69) is 4.98 Å². The zero-order chi connectivity index (χ0) is 14.9. The normalized spacial score (nSPS) is 11.4. The summed E-state index contributed by atoms with van der Waals surface area (Å²) in [6, 6.07) is 6.54. The Labute approximate surface area is 116 Å². The van der Waals surface area contributed by atoms with Crippen molar-refractivity contribution >= 4 is 17.6 Å². The Hall–Kier alpha value is -2.08. The van der Waals surface area contributed by atoms with Gasteiger partial charge in [-0.05, 0) is 12.1 Å². The lowest BCUT2D eigenvalue weighted by Gasteiger charge is -2.10. The van der Waals surface area contributed by atoms with E-state index in [0.29, 0.717) is 6.20 Å². The van der Waals surface area contributed by atoms with E-state index in [4.69, 9.17) is 16.7 Å². The standard InChI is InChI=1S/C13H7ClF3NO2/c14-10-5-7(13(15,16)17)6-18-11(10)8-3-1-2-4-9(8)12(19)20/h1-6H,(H,19,20). The second-order valence-electron chi connectivity index (χ2n) is 3.90. The fraction of sp³-hybridized carbons (Fsp3) is 0.0769. The minimum atomic E-state index is -4.55. The maximum atomic E-state index is 12.5. The molecule has 1 heterocycles. The number of carboxylic acid groups (broad SMARTS) is 1. The van der Waals surface area contributed by atoms with Gasteiger partial charge in [-0.25, -0.2) is 4.79 Å². The van der Waals surface area contributed by atoms with E-state index in [1.807, 2.05) is 0 Å². The van der Waals surface area contributed by atoms with E-state index < -0.39 is 17.7 Å². The van der Waals surface area contributed by atoms with Crippen LogP contribution in [0, 0.1) is 0 Å². The van der Waals surface area contributed by atoms with Crippen LogP contribution in [0.5, 0.6) is 0 Å². The molecule has 0 saturated carbocycles. The summed E-state index contributed by atoms with van der Waals surface area (Å²) in [6.07, 6.45) is -3.93. The average Bonchev–Trinajstić information content (AvgIpc) is 2.37. The van der Waals surface area contributed by atoms with Crippen molar-refractivity contribution in [1.82, 2.24) is 4.98 Å². The molecule has 3 nitrogen and oxygen atoms in total. The smallest absolute Gasteiger partial charge is 0.417 e. The number of alkyl halides is 3. The summed E-state index contributed by atoms with van der Waals surface area (Å²) in [7, 11) is 0. The van der Waals surface area contributed by atoms with Crippen molar-refractivity contribution in [2.75, 3.05) is 0 Å². The van der Waals surface area contributed by atoms with Gasteiger partial charge in [0.25, 0.3) is 0 Å². The molecule has 104 valence electrons. The predicted octanol–water partition coefficient (Wildman–Crippen LogP) is 4.12. The quantitative estimate of drug-likeness (QED) is 0.907. The van der Waals surface area contributed by atoms with Gasteiger partial charge >= 0.3 is 12.1 Å². The molecule has 0 atom stereocenters. The van der Waals surface area contributed by atoms with E-state index in [-0.39, 0.29) is 21.8 Å². The van der Waals surface area contributed by atoms with Gasteiger partial charge in [0, 0.05) is 11.8 Å². The Balaban J connectivity index is 2.58. The highest BCUT2D eigenvalue weighted by Gasteiger charge is 2.31. The van der Waals surface area contributed by atoms with Crippen molar-refractivity contribution < 1.29 is 23.1 Å². The zero-order valence-corrected chi connectivity index (χ0v) is 10.5. The van der Waals surface area contributed by atoms with Gasteiger partial charge in [0.15, 0.2) is 0 Å². The maximum Gasteiger partial charge on any atom is 0.417 e. The molecule has 0 amide bonds. The summed E-state index contributed by atoms with van der Waals surface area (Å²) >= 11 is 5.79. The van der Waals surface area contributed by atoms with Crippen LogP contribution in [0.4, 0.5) is 13.2 Å². The van der Waals surface area contributed by atoms with Crippen LogP contribution in [0.25, 0.3) is 11.3 Å². The molecular weight excluding hydrogens is 295 g/mol. The number of hydrogen-bond acceptors (Lipinski definition) is 2. The lowest BCUT2D eigenvalue weighted by atomic mass is 10.0. The molecule has 0 fully saturated rings. The third-order valence-electron chi connectivity index (χ3n) is 2.58. The number of benzene rings is 1. The molecule has 2 rings (SSSR count). The van der Waals surface area contributed by atoms with Crippen molar-refractivity contribution in [1.29, 1.82) is 0 Å². The number of carboxylic acids is 1. The monoisotopic (exact) mass is 301 g/mol. The first-order valence-electron chi connectivity index (χ1n) is 5.36. The first-order chi connectivity index (χ1) is 9.30. The number of pyridine rings is 1. The molecular formula is C13H7ClF3NO2. The van der Waals surface area contributed by atoms with Crippen LogP contribution in [-0.2, 0) is 6.18 Å². The highest BCUT2D eigenvalue weighted by atomic mass is 35.5. The third kappa shape index (κ3) is 2.75. The van der Waals surface area contributed by atoms with Crippen LogP contribution < -0.4 is 0 Å². The molecule has 1 aromatic carbocycles. The Bertz CT molecular complexity index is 671. The second kappa shape index (κ2) is 5.13.